The Kier molecular flexibility index (Phi) is 4.39. The van der Waals surface area contributed by atoms with E-state index in [4.69, 9.17) is 11.6 Å². The van der Waals surface area contributed by atoms with E-state index in [2.05, 4.69) is 9.82 Å². The van der Waals surface area contributed by atoms with E-state index in [0.29, 0.717) is 28.7 Å². The van der Waals surface area contributed by atoms with Crippen LogP contribution in [0.3, 0.4) is 0 Å². The topological polar surface area (TPSA) is 64.0 Å². The van der Waals surface area contributed by atoms with Crippen LogP contribution in [0.4, 0.5) is 0 Å². The molecule has 0 unspecified atom stereocenters. The van der Waals surface area contributed by atoms with Gasteiger partial charge in [-0.05, 0) is 17.9 Å². The molecule has 2 rings (SSSR count). The lowest BCUT2D eigenvalue weighted by Crippen LogP contribution is -2.24. The number of nitrogens with zero attached hydrogens (tertiary/aromatic N) is 2. The summed E-state index contributed by atoms with van der Waals surface area (Å²) in [4.78, 5) is 0. The van der Waals surface area contributed by atoms with E-state index >= 15 is 0 Å². The molecule has 0 aliphatic heterocycles. The summed E-state index contributed by atoms with van der Waals surface area (Å²) in [6.07, 6.45) is 3.91. The first-order chi connectivity index (χ1) is 8.58. The van der Waals surface area contributed by atoms with Crippen molar-refractivity contribution in [1.29, 1.82) is 0 Å². The van der Waals surface area contributed by atoms with Crippen LogP contribution in [0.15, 0.2) is 34.1 Å². The SMILES string of the molecule is O=S(=O)(NCCCn1cc(Cl)cn1)c1cccs1. The molecule has 0 fully saturated rings. The number of nitrogens with one attached hydrogen (secondary N) is 1. The Hall–Kier alpha value is -0.890. The van der Waals surface area contributed by atoms with Gasteiger partial charge in [-0.3, -0.25) is 4.68 Å². The average Bonchev–Trinajstić information content (AvgIpc) is 2.95. The maximum atomic E-state index is 11.8. The molecule has 0 saturated heterocycles. The number of hydrogen-bond acceptors (Lipinski definition) is 4. The van der Waals surface area contributed by atoms with Crippen LogP contribution in [-0.4, -0.2) is 24.7 Å². The monoisotopic (exact) mass is 305 g/mol. The highest BCUT2D eigenvalue weighted by Crippen LogP contribution is 2.15. The molecule has 2 heterocycles. The second-order valence-electron chi connectivity index (χ2n) is 3.61. The van der Waals surface area contributed by atoms with Gasteiger partial charge in [-0.1, -0.05) is 17.7 Å². The molecule has 2 aromatic heterocycles. The third-order valence-electron chi connectivity index (χ3n) is 2.22. The summed E-state index contributed by atoms with van der Waals surface area (Å²) >= 11 is 6.92. The van der Waals surface area contributed by atoms with E-state index in [1.807, 2.05) is 0 Å². The molecule has 2 aromatic rings. The molecule has 8 heteroatoms. The van der Waals surface area contributed by atoms with Gasteiger partial charge < -0.3 is 0 Å². The highest BCUT2D eigenvalue weighted by Gasteiger charge is 2.13. The van der Waals surface area contributed by atoms with Gasteiger partial charge in [-0.2, -0.15) is 5.10 Å². The zero-order valence-corrected chi connectivity index (χ0v) is 11.8. The first kappa shape index (κ1) is 13.5. The van der Waals surface area contributed by atoms with E-state index in [-0.39, 0.29) is 0 Å². The summed E-state index contributed by atoms with van der Waals surface area (Å²) in [6, 6.07) is 3.30. The Morgan fingerprint density at radius 3 is 2.94 bits per heavy atom. The Morgan fingerprint density at radius 2 is 2.33 bits per heavy atom. The Labute approximate surface area is 114 Å². The van der Waals surface area contributed by atoms with Gasteiger partial charge in [0.1, 0.15) is 4.21 Å². The van der Waals surface area contributed by atoms with Crippen LogP contribution in [0.25, 0.3) is 0 Å². The van der Waals surface area contributed by atoms with Gasteiger partial charge in [0.2, 0.25) is 10.0 Å². The lowest BCUT2D eigenvalue weighted by atomic mass is 10.4. The van der Waals surface area contributed by atoms with Gasteiger partial charge in [-0.25, -0.2) is 13.1 Å². The van der Waals surface area contributed by atoms with E-state index in [0.717, 1.165) is 0 Å². The Morgan fingerprint density at radius 1 is 1.50 bits per heavy atom. The van der Waals surface area contributed by atoms with Crippen molar-refractivity contribution in [2.75, 3.05) is 6.54 Å². The van der Waals surface area contributed by atoms with Crippen molar-refractivity contribution in [2.45, 2.75) is 17.2 Å². The van der Waals surface area contributed by atoms with Crippen molar-refractivity contribution in [2.24, 2.45) is 0 Å². The van der Waals surface area contributed by atoms with Crippen LogP contribution < -0.4 is 4.72 Å². The molecule has 1 N–H and O–H groups in total. The lowest BCUT2D eigenvalue weighted by molar-refractivity contribution is 0.554. The van der Waals surface area contributed by atoms with Gasteiger partial charge in [0.05, 0.1) is 11.2 Å². The molecule has 0 atom stereocenters. The first-order valence-electron chi connectivity index (χ1n) is 5.29. The minimum atomic E-state index is -3.35. The molecule has 18 heavy (non-hydrogen) atoms. The normalized spacial score (nSPS) is 11.8. The molecular weight excluding hydrogens is 294 g/mol. The number of sulfonamides is 1. The zero-order chi connectivity index (χ0) is 13.0. The van der Waals surface area contributed by atoms with Gasteiger partial charge >= 0.3 is 0 Å². The van der Waals surface area contributed by atoms with Crippen LogP contribution in [0.5, 0.6) is 0 Å². The zero-order valence-electron chi connectivity index (χ0n) is 9.41. The van der Waals surface area contributed by atoms with E-state index in [1.165, 1.54) is 11.3 Å². The number of halogens is 1. The van der Waals surface area contributed by atoms with Crippen molar-refractivity contribution in [3.8, 4) is 0 Å². The first-order valence-corrected chi connectivity index (χ1v) is 8.03. The number of thiophene rings is 1. The molecule has 98 valence electrons. The summed E-state index contributed by atoms with van der Waals surface area (Å²) < 4.78 is 28.1. The van der Waals surface area contributed by atoms with Crippen molar-refractivity contribution >= 4 is 33.0 Å². The fourth-order valence-corrected chi connectivity index (χ4v) is 3.66. The van der Waals surface area contributed by atoms with Crippen molar-refractivity contribution in [1.82, 2.24) is 14.5 Å². The van der Waals surface area contributed by atoms with Crippen molar-refractivity contribution < 1.29 is 8.42 Å². The van der Waals surface area contributed by atoms with Crippen molar-refractivity contribution in [3.63, 3.8) is 0 Å². The molecule has 0 spiro atoms. The minimum Gasteiger partial charge on any atom is -0.271 e. The van der Waals surface area contributed by atoms with Crippen LogP contribution in [-0.2, 0) is 16.6 Å². The molecule has 0 bridgehead atoms. The third kappa shape index (κ3) is 3.55. The summed E-state index contributed by atoms with van der Waals surface area (Å²) in [5.41, 5.74) is 0. The summed E-state index contributed by atoms with van der Waals surface area (Å²) in [7, 11) is -3.35. The van der Waals surface area contributed by atoms with Crippen molar-refractivity contribution in [3.05, 3.63) is 34.9 Å². The highest BCUT2D eigenvalue weighted by molar-refractivity contribution is 7.91. The quantitative estimate of drug-likeness (QED) is 0.830. The molecule has 0 aliphatic carbocycles. The van der Waals surface area contributed by atoms with Gasteiger partial charge in [-0.15, -0.1) is 11.3 Å². The van der Waals surface area contributed by atoms with E-state index < -0.39 is 10.0 Å². The maximum absolute atomic E-state index is 11.8. The van der Waals surface area contributed by atoms with Crippen LogP contribution >= 0.6 is 22.9 Å². The molecule has 0 radical (unpaired) electrons. The summed E-state index contributed by atoms with van der Waals surface area (Å²) in [6.45, 7) is 0.997. The second kappa shape index (κ2) is 5.83. The van der Waals surface area contributed by atoms with E-state index in [9.17, 15) is 8.42 Å². The fraction of sp³-hybridized carbons (Fsp3) is 0.300. The predicted octanol–water partition coefficient (Wildman–Crippen LogP) is 1.97. The van der Waals surface area contributed by atoms with Gasteiger partial charge in [0, 0.05) is 19.3 Å². The third-order valence-corrected chi connectivity index (χ3v) is 5.27. The Bertz CT molecular complexity index is 592. The van der Waals surface area contributed by atoms with Crippen LogP contribution in [0.2, 0.25) is 5.02 Å². The molecule has 0 amide bonds. The molecule has 0 aromatic carbocycles. The Balaban J connectivity index is 1.79. The summed E-state index contributed by atoms with van der Waals surface area (Å²) in [5, 5.41) is 6.32. The second-order valence-corrected chi connectivity index (χ2v) is 6.98. The number of aryl methyl sites for hydroxylation is 1. The fourth-order valence-electron chi connectivity index (χ4n) is 1.40. The molecule has 0 aliphatic rings. The number of aromatic nitrogens is 2. The van der Waals surface area contributed by atoms with Crippen LogP contribution in [0.1, 0.15) is 6.42 Å². The maximum Gasteiger partial charge on any atom is 0.250 e. The van der Waals surface area contributed by atoms with Gasteiger partial charge in [0.15, 0.2) is 0 Å². The smallest absolute Gasteiger partial charge is 0.250 e. The largest absolute Gasteiger partial charge is 0.271 e. The molecule has 0 saturated carbocycles. The standard InChI is InChI=1S/C10H12ClN3O2S2/c11-9-7-12-14(8-9)5-2-4-13-18(15,16)10-3-1-6-17-10/h1,3,6-8,13H,2,4-5H2. The average molecular weight is 306 g/mol. The lowest BCUT2D eigenvalue weighted by Gasteiger charge is -2.04. The minimum absolute atomic E-state index is 0.338. The summed E-state index contributed by atoms with van der Waals surface area (Å²) in [5.74, 6) is 0. The number of hydrogen-bond donors (Lipinski definition) is 1. The van der Waals surface area contributed by atoms with E-state index in [1.54, 1.807) is 34.6 Å². The molecule has 5 nitrogen and oxygen atoms in total. The van der Waals surface area contributed by atoms with Crippen LogP contribution in [0, 0.1) is 0 Å². The molecular formula is C10H12ClN3O2S2. The predicted molar refractivity (Wildman–Crippen MR) is 71.4 cm³/mol. The number of rotatable bonds is 6. The van der Waals surface area contributed by atoms with Gasteiger partial charge in [0.25, 0.3) is 0 Å². The highest BCUT2D eigenvalue weighted by atomic mass is 35.5.